The van der Waals surface area contributed by atoms with Crippen molar-refractivity contribution >= 4 is 17.7 Å². The highest BCUT2D eigenvalue weighted by Gasteiger charge is 2.00. The molecule has 2 rings (SSSR count). The number of nitrogens with zero attached hydrogens (tertiary/aromatic N) is 1. The lowest BCUT2D eigenvalue weighted by Gasteiger charge is -2.14. The van der Waals surface area contributed by atoms with E-state index in [1.54, 1.807) is 11.6 Å². The third-order valence-corrected chi connectivity index (χ3v) is 3.78. The van der Waals surface area contributed by atoms with Crippen LogP contribution in [0.3, 0.4) is 0 Å². The predicted molar refractivity (Wildman–Crippen MR) is 104 cm³/mol. The van der Waals surface area contributed by atoms with Crippen molar-refractivity contribution in [3.05, 3.63) is 71.3 Å². The topological polar surface area (TPSA) is 64.6 Å². The van der Waals surface area contributed by atoms with Crippen LogP contribution < -0.4 is 10.8 Å². The molecule has 134 valence electrons. The van der Waals surface area contributed by atoms with Crippen LogP contribution in [0.15, 0.2) is 54.6 Å². The van der Waals surface area contributed by atoms with Gasteiger partial charge in [0.2, 0.25) is 0 Å². The second kappa shape index (κ2) is 10.0. The maximum atomic E-state index is 11.0. The summed E-state index contributed by atoms with van der Waals surface area (Å²) in [5.41, 5.74) is 5.85. The van der Waals surface area contributed by atoms with Gasteiger partial charge in [-0.2, -0.15) is 0 Å². The van der Waals surface area contributed by atoms with Crippen LogP contribution in [0.2, 0.25) is 0 Å². The first-order chi connectivity index (χ1) is 12.6. The molecule has 2 aromatic rings. The van der Waals surface area contributed by atoms with Crippen LogP contribution in [0.5, 0.6) is 0 Å². The summed E-state index contributed by atoms with van der Waals surface area (Å²) in [7, 11) is 2.00. The zero-order chi connectivity index (χ0) is 18.8. The second-order valence-electron chi connectivity index (χ2n) is 5.98. The van der Waals surface area contributed by atoms with Crippen molar-refractivity contribution in [2.24, 2.45) is 0 Å². The van der Waals surface area contributed by atoms with Crippen LogP contribution in [-0.2, 0) is 17.9 Å². The molecule has 0 fully saturated rings. The van der Waals surface area contributed by atoms with Gasteiger partial charge in [-0.1, -0.05) is 42.3 Å². The quantitative estimate of drug-likeness (QED) is 0.297. The van der Waals surface area contributed by atoms with Gasteiger partial charge in [0, 0.05) is 24.9 Å². The van der Waals surface area contributed by atoms with Gasteiger partial charge >= 0.3 is 0 Å². The minimum atomic E-state index is -0.551. The molecule has 0 saturated carbocycles. The molecule has 0 saturated heterocycles. The lowest BCUT2D eigenvalue weighted by atomic mass is 10.1. The molecule has 5 heteroatoms. The second-order valence-corrected chi connectivity index (χ2v) is 5.98. The van der Waals surface area contributed by atoms with E-state index in [2.05, 4.69) is 40.4 Å². The summed E-state index contributed by atoms with van der Waals surface area (Å²) in [6, 6.07) is 16.1. The number of hydroxylamine groups is 1. The molecule has 0 radical (unpaired) electrons. The van der Waals surface area contributed by atoms with E-state index in [-0.39, 0.29) is 0 Å². The van der Waals surface area contributed by atoms with Crippen LogP contribution >= 0.6 is 0 Å². The Bertz CT molecular complexity index is 774. The fourth-order valence-electron chi connectivity index (χ4n) is 2.41. The number of hydrogen-bond donors (Lipinski definition) is 3. The molecule has 2 aromatic carbocycles. The number of hydrogen-bond acceptors (Lipinski definition) is 4. The maximum Gasteiger partial charge on any atom is 0.267 e. The van der Waals surface area contributed by atoms with Gasteiger partial charge in [0.25, 0.3) is 5.91 Å². The summed E-state index contributed by atoms with van der Waals surface area (Å²) in [6.45, 7) is 2.17. The van der Waals surface area contributed by atoms with E-state index >= 15 is 0 Å². The Balaban J connectivity index is 1.85. The molecule has 0 bridgehead atoms. The molecule has 0 heterocycles. The fourth-order valence-corrected chi connectivity index (χ4v) is 2.41. The van der Waals surface area contributed by atoms with Crippen molar-refractivity contribution < 1.29 is 10.0 Å². The first kappa shape index (κ1) is 19.3. The first-order valence-electron chi connectivity index (χ1n) is 8.26. The van der Waals surface area contributed by atoms with E-state index in [1.807, 2.05) is 31.3 Å². The molecule has 0 aromatic heterocycles. The van der Waals surface area contributed by atoms with Crippen LogP contribution in [0.4, 0.5) is 5.69 Å². The van der Waals surface area contributed by atoms with E-state index in [1.165, 1.54) is 11.6 Å². The Morgan fingerprint density at radius 1 is 1.15 bits per heavy atom. The van der Waals surface area contributed by atoms with Crippen LogP contribution in [-0.4, -0.2) is 29.6 Å². The number of rotatable bonds is 8. The summed E-state index contributed by atoms with van der Waals surface area (Å²) in [5, 5.41) is 11.8. The van der Waals surface area contributed by atoms with Gasteiger partial charge in [-0.3, -0.25) is 14.9 Å². The SMILES string of the molecule is C#CCN(C)Cc1ccc(NCc2ccc(/C=C/C(=O)NO)cc2)cc1. The third kappa shape index (κ3) is 6.44. The molecular weight excluding hydrogens is 326 g/mol. The van der Waals surface area contributed by atoms with Gasteiger partial charge in [-0.15, -0.1) is 6.42 Å². The van der Waals surface area contributed by atoms with E-state index < -0.39 is 5.91 Å². The summed E-state index contributed by atoms with van der Waals surface area (Å²) in [4.78, 5) is 13.0. The van der Waals surface area contributed by atoms with Crippen LogP contribution in [0, 0.1) is 12.3 Å². The Kier molecular flexibility index (Phi) is 7.44. The van der Waals surface area contributed by atoms with Gasteiger partial charge in [0.05, 0.1) is 6.54 Å². The molecule has 0 unspecified atom stereocenters. The predicted octanol–water partition coefficient (Wildman–Crippen LogP) is 2.88. The normalized spacial score (nSPS) is 10.7. The first-order valence-corrected chi connectivity index (χ1v) is 8.26. The zero-order valence-corrected chi connectivity index (χ0v) is 14.8. The lowest BCUT2D eigenvalue weighted by Crippen LogP contribution is -2.17. The number of nitrogens with one attached hydrogen (secondary N) is 2. The average molecular weight is 349 g/mol. The largest absolute Gasteiger partial charge is 0.381 e. The van der Waals surface area contributed by atoms with Crippen molar-refractivity contribution in [1.29, 1.82) is 0 Å². The zero-order valence-electron chi connectivity index (χ0n) is 14.8. The van der Waals surface area contributed by atoms with Gasteiger partial charge in [0.15, 0.2) is 0 Å². The summed E-state index contributed by atoms with van der Waals surface area (Å²) >= 11 is 0. The number of carbonyl (C=O) groups excluding carboxylic acids is 1. The van der Waals surface area contributed by atoms with E-state index in [9.17, 15) is 4.79 Å². The van der Waals surface area contributed by atoms with Crippen LogP contribution in [0.25, 0.3) is 6.08 Å². The number of anilines is 1. The van der Waals surface area contributed by atoms with Crippen molar-refractivity contribution in [2.45, 2.75) is 13.1 Å². The average Bonchev–Trinajstić information content (AvgIpc) is 2.66. The molecule has 0 spiro atoms. The van der Waals surface area contributed by atoms with Gasteiger partial charge in [0.1, 0.15) is 0 Å². The molecule has 0 atom stereocenters. The van der Waals surface area contributed by atoms with Gasteiger partial charge in [-0.25, -0.2) is 5.48 Å². The fraction of sp³-hybridized carbons (Fsp3) is 0.190. The highest BCUT2D eigenvalue weighted by atomic mass is 16.5. The summed E-state index contributed by atoms with van der Waals surface area (Å²) in [6.07, 6.45) is 8.23. The summed E-state index contributed by atoms with van der Waals surface area (Å²) in [5.74, 6) is 2.09. The van der Waals surface area contributed by atoms with E-state index in [0.717, 1.165) is 23.4 Å². The standard InChI is InChI=1S/C21H23N3O2/c1-3-14-24(2)16-19-8-11-20(12-9-19)22-15-18-6-4-17(5-7-18)10-13-21(25)23-26/h1,4-13,22,26H,14-16H2,2H3,(H,23,25)/b13-10+. The third-order valence-electron chi connectivity index (χ3n) is 3.78. The molecular formula is C21H23N3O2. The van der Waals surface area contributed by atoms with Crippen molar-refractivity contribution in [3.8, 4) is 12.3 Å². The Labute approximate surface area is 154 Å². The van der Waals surface area contributed by atoms with Crippen molar-refractivity contribution in [1.82, 2.24) is 10.4 Å². The molecule has 3 N–H and O–H groups in total. The highest BCUT2D eigenvalue weighted by Crippen LogP contribution is 2.13. The molecule has 0 aliphatic rings. The number of terminal acetylenes is 1. The monoisotopic (exact) mass is 349 g/mol. The minimum Gasteiger partial charge on any atom is -0.381 e. The maximum absolute atomic E-state index is 11.0. The molecule has 26 heavy (non-hydrogen) atoms. The molecule has 5 nitrogen and oxygen atoms in total. The van der Waals surface area contributed by atoms with Gasteiger partial charge in [-0.05, 0) is 41.9 Å². The molecule has 1 amide bonds. The van der Waals surface area contributed by atoms with E-state index in [4.69, 9.17) is 11.6 Å². The van der Waals surface area contributed by atoms with Gasteiger partial charge < -0.3 is 5.32 Å². The molecule has 0 aliphatic heterocycles. The number of benzene rings is 2. The van der Waals surface area contributed by atoms with E-state index in [0.29, 0.717) is 13.1 Å². The Hall–Kier alpha value is -3.07. The minimum absolute atomic E-state index is 0.551. The summed E-state index contributed by atoms with van der Waals surface area (Å²) < 4.78 is 0. The molecule has 0 aliphatic carbocycles. The van der Waals surface area contributed by atoms with Crippen molar-refractivity contribution in [3.63, 3.8) is 0 Å². The highest BCUT2D eigenvalue weighted by molar-refractivity contribution is 5.90. The number of carbonyl (C=O) groups is 1. The van der Waals surface area contributed by atoms with Crippen LogP contribution in [0.1, 0.15) is 16.7 Å². The van der Waals surface area contributed by atoms with Crippen molar-refractivity contribution in [2.75, 3.05) is 18.9 Å². The number of amides is 1. The Morgan fingerprint density at radius 2 is 1.81 bits per heavy atom. The smallest absolute Gasteiger partial charge is 0.267 e. The Morgan fingerprint density at radius 3 is 2.42 bits per heavy atom. The lowest BCUT2D eigenvalue weighted by molar-refractivity contribution is -0.124.